The Kier molecular flexibility index (Phi) is 4.08. The first kappa shape index (κ1) is 14.4. The minimum Gasteiger partial charge on any atom is -0.502 e. The van der Waals surface area contributed by atoms with E-state index in [0.717, 1.165) is 11.3 Å². The largest absolute Gasteiger partial charge is 0.502 e. The highest BCUT2D eigenvalue weighted by Crippen LogP contribution is 2.12. The van der Waals surface area contributed by atoms with Crippen LogP contribution in [0, 0.1) is 0 Å². The van der Waals surface area contributed by atoms with E-state index in [9.17, 15) is 9.59 Å². The fourth-order valence-corrected chi connectivity index (χ4v) is 1.81. The number of aromatic amines is 1. The second-order valence-electron chi connectivity index (χ2n) is 4.51. The number of carboxylic acids is 1. The summed E-state index contributed by atoms with van der Waals surface area (Å²) in [5, 5.41) is 17.6. The SMILES string of the molecule is Nc1ccc(Cc2ccc(C(=O)/C=C(\O)C(=O)O)[nH]2)cc1. The standard InChI is InChI=1S/C15H14N2O4/c16-10-3-1-9(2-4-10)7-11-5-6-12(17-11)13(18)8-14(19)15(20)21/h1-6,8,17,19H,7,16H2,(H,20,21)/b14-8-. The van der Waals surface area contributed by atoms with Gasteiger partial charge in [-0.2, -0.15) is 0 Å². The summed E-state index contributed by atoms with van der Waals surface area (Å²) in [7, 11) is 0. The van der Waals surface area contributed by atoms with Gasteiger partial charge < -0.3 is 20.9 Å². The van der Waals surface area contributed by atoms with Gasteiger partial charge in [-0.05, 0) is 29.8 Å². The lowest BCUT2D eigenvalue weighted by Crippen LogP contribution is -2.04. The van der Waals surface area contributed by atoms with Gasteiger partial charge in [0.15, 0.2) is 0 Å². The summed E-state index contributed by atoms with van der Waals surface area (Å²) in [5.74, 6) is -3.13. The third-order valence-corrected chi connectivity index (χ3v) is 2.87. The number of anilines is 1. The van der Waals surface area contributed by atoms with E-state index in [2.05, 4.69) is 4.98 Å². The minimum atomic E-state index is -1.54. The number of rotatable bonds is 5. The monoisotopic (exact) mass is 286 g/mol. The normalized spacial score (nSPS) is 11.3. The van der Waals surface area contributed by atoms with Crippen LogP contribution in [0.2, 0.25) is 0 Å². The van der Waals surface area contributed by atoms with E-state index in [1.165, 1.54) is 0 Å². The Bertz CT molecular complexity index is 699. The molecule has 0 fully saturated rings. The highest BCUT2D eigenvalue weighted by molar-refractivity contribution is 6.06. The maximum absolute atomic E-state index is 11.7. The summed E-state index contributed by atoms with van der Waals surface area (Å²) < 4.78 is 0. The molecule has 0 amide bonds. The maximum atomic E-state index is 11.7. The molecule has 0 atom stereocenters. The number of aliphatic hydroxyl groups is 1. The Morgan fingerprint density at radius 2 is 1.76 bits per heavy atom. The van der Waals surface area contributed by atoms with Crippen LogP contribution in [0.1, 0.15) is 21.7 Å². The molecule has 1 heterocycles. The summed E-state index contributed by atoms with van der Waals surface area (Å²) in [6.07, 6.45) is 1.25. The summed E-state index contributed by atoms with van der Waals surface area (Å²) in [4.78, 5) is 25.1. The molecule has 0 aliphatic rings. The van der Waals surface area contributed by atoms with Crippen LogP contribution in [0.25, 0.3) is 0 Å². The lowest BCUT2D eigenvalue weighted by Gasteiger charge is -2.00. The van der Waals surface area contributed by atoms with Crippen molar-refractivity contribution in [2.24, 2.45) is 0 Å². The Labute approximate surface area is 120 Å². The molecule has 2 rings (SSSR count). The number of aromatic nitrogens is 1. The molecule has 0 aliphatic carbocycles. The van der Waals surface area contributed by atoms with Gasteiger partial charge >= 0.3 is 5.97 Å². The smallest absolute Gasteiger partial charge is 0.371 e. The molecule has 2 aromatic rings. The zero-order valence-electron chi connectivity index (χ0n) is 11.0. The molecule has 0 unspecified atom stereocenters. The Morgan fingerprint density at radius 1 is 1.10 bits per heavy atom. The first-order valence-corrected chi connectivity index (χ1v) is 6.16. The molecule has 0 radical (unpaired) electrons. The molecular weight excluding hydrogens is 272 g/mol. The lowest BCUT2D eigenvalue weighted by atomic mass is 10.1. The lowest BCUT2D eigenvalue weighted by molar-refractivity contribution is -0.135. The topological polar surface area (TPSA) is 116 Å². The number of carbonyl (C=O) groups is 2. The molecule has 0 saturated carbocycles. The first-order valence-electron chi connectivity index (χ1n) is 6.16. The van der Waals surface area contributed by atoms with Crippen LogP contribution >= 0.6 is 0 Å². The molecule has 6 nitrogen and oxygen atoms in total. The van der Waals surface area contributed by atoms with Gasteiger partial charge in [0.25, 0.3) is 0 Å². The summed E-state index contributed by atoms with van der Waals surface area (Å²) in [5.41, 5.74) is 8.32. The van der Waals surface area contributed by atoms with Crippen molar-refractivity contribution >= 4 is 17.4 Å². The third kappa shape index (κ3) is 3.73. The zero-order valence-corrected chi connectivity index (χ0v) is 11.0. The number of ketones is 1. The Morgan fingerprint density at radius 3 is 2.38 bits per heavy atom. The third-order valence-electron chi connectivity index (χ3n) is 2.87. The number of allylic oxidation sites excluding steroid dienone is 1. The van der Waals surface area contributed by atoms with Crippen molar-refractivity contribution in [1.82, 2.24) is 4.98 Å². The van der Waals surface area contributed by atoms with Gasteiger partial charge in [-0.15, -0.1) is 0 Å². The summed E-state index contributed by atoms with van der Waals surface area (Å²) >= 11 is 0. The number of nitrogen functional groups attached to an aromatic ring is 1. The van der Waals surface area contributed by atoms with E-state index < -0.39 is 17.5 Å². The van der Waals surface area contributed by atoms with Crippen LogP contribution in [0.5, 0.6) is 0 Å². The van der Waals surface area contributed by atoms with E-state index in [0.29, 0.717) is 18.2 Å². The number of carboxylic acid groups (broad SMARTS) is 1. The van der Waals surface area contributed by atoms with Crippen LogP contribution in [-0.2, 0) is 11.2 Å². The average molecular weight is 286 g/mol. The van der Waals surface area contributed by atoms with Crippen molar-refractivity contribution in [3.63, 3.8) is 0 Å². The van der Waals surface area contributed by atoms with Crippen molar-refractivity contribution in [1.29, 1.82) is 0 Å². The van der Waals surface area contributed by atoms with Crippen LogP contribution in [0.15, 0.2) is 48.2 Å². The van der Waals surface area contributed by atoms with E-state index >= 15 is 0 Å². The minimum absolute atomic E-state index is 0.216. The first-order chi connectivity index (χ1) is 9.95. The van der Waals surface area contributed by atoms with Gasteiger partial charge in [0.05, 0.1) is 5.69 Å². The van der Waals surface area contributed by atoms with Crippen molar-refractivity contribution in [3.8, 4) is 0 Å². The highest BCUT2D eigenvalue weighted by Gasteiger charge is 2.11. The Hall–Kier alpha value is -3.02. The number of aliphatic carboxylic acids is 1. The van der Waals surface area contributed by atoms with Gasteiger partial charge in [0.2, 0.25) is 11.5 Å². The highest BCUT2D eigenvalue weighted by atomic mass is 16.4. The summed E-state index contributed by atoms with van der Waals surface area (Å²) in [6, 6.07) is 10.6. The maximum Gasteiger partial charge on any atom is 0.371 e. The van der Waals surface area contributed by atoms with Crippen molar-refractivity contribution in [2.75, 3.05) is 5.73 Å². The number of carbonyl (C=O) groups excluding carboxylic acids is 1. The molecule has 5 N–H and O–H groups in total. The van der Waals surface area contributed by atoms with Gasteiger partial charge in [0, 0.05) is 23.9 Å². The second kappa shape index (κ2) is 5.96. The number of benzene rings is 1. The zero-order chi connectivity index (χ0) is 15.4. The number of hydrogen-bond acceptors (Lipinski definition) is 4. The van der Waals surface area contributed by atoms with Crippen LogP contribution in [0.3, 0.4) is 0 Å². The van der Waals surface area contributed by atoms with Crippen LogP contribution in [0.4, 0.5) is 5.69 Å². The molecule has 108 valence electrons. The average Bonchev–Trinajstić information content (AvgIpc) is 2.90. The van der Waals surface area contributed by atoms with E-state index in [-0.39, 0.29) is 5.69 Å². The quantitative estimate of drug-likeness (QED) is 0.290. The van der Waals surface area contributed by atoms with Crippen molar-refractivity contribution in [2.45, 2.75) is 6.42 Å². The molecule has 1 aromatic heterocycles. The molecule has 1 aromatic carbocycles. The number of nitrogens with two attached hydrogens (primary N) is 1. The van der Waals surface area contributed by atoms with Crippen LogP contribution in [-0.4, -0.2) is 26.9 Å². The van der Waals surface area contributed by atoms with Gasteiger partial charge in [-0.25, -0.2) is 4.79 Å². The van der Waals surface area contributed by atoms with Gasteiger partial charge in [0.1, 0.15) is 0 Å². The van der Waals surface area contributed by atoms with E-state index in [1.54, 1.807) is 24.3 Å². The number of nitrogens with one attached hydrogen (secondary N) is 1. The van der Waals surface area contributed by atoms with Gasteiger partial charge in [-0.3, -0.25) is 4.79 Å². The van der Waals surface area contributed by atoms with Crippen LogP contribution < -0.4 is 5.73 Å². The predicted molar refractivity (Wildman–Crippen MR) is 77.1 cm³/mol. The molecule has 6 heteroatoms. The fraction of sp³-hybridized carbons (Fsp3) is 0.0667. The molecule has 21 heavy (non-hydrogen) atoms. The molecule has 0 aliphatic heterocycles. The molecular formula is C15H14N2O4. The second-order valence-corrected chi connectivity index (χ2v) is 4.51. The summed E-state index contributed by atoms with van der Waals surface area (Å²) in [6.45, 7) is 0. The van der Waals surface area contributed by atoms with E-state index in [4.69, 9.17) is 15.9 Å². The van der Waals surface area contributed by atoms with Crippen molar-refractivity contribution < 1.29 is 19.8 Å². The Balaban J connectivity index is 2.11. The molecule has 0 bridgehead atoms. The molecule has 0 saturated heterocycles. The van der Waals surface area contributed by atoms with Crippen molar-refractivity contribution in [3.05, 3.63) is 65.2 Å². The number of hydrogen-bond donors (Lipinski definition) is 4. The number of aliphatic hydroxyl groups excluding tert-OH is 1. The van der Waals surface area contributed by atoms with E-state index in [1.807, 2.05) is 12.1 Å². The fourth-order valence-electron chi connectivity index (χ4n) is 1.81. The number of H-pyrrole nitrogens is 1. The van der Waals surface area contributed by atoms with Gasteiger partial charge in [-0.1, -0.05) is 12.1 Å². The predicted octanol–water partition coefficient (Wildman–Crippen LogP) is 1.90. The molecule has 0 spiro atoms.